The van der Waals surface area contributed by atoms with E-state index in [1.165, 1.54) is 0 Å². The normalized spacial score (nSPS) is 16.3. The first-order valence-electron chi connectivity index (χ1n) is 10.9. The Morgan fingerprint density at radius 3 is 2.38 bits per heavy atom. The first-order chi connectivity index (χ1) is 15.4. The number of methoxy groups -OCH3 is 1. The van der Waals surface area contributed by atoms with Crippen molar-refractivity contribution in [1.29, 1.82) is 0 Å². The molecule has 1 aliphatic rings. The molecule has 0 saturated carbocycles. The van der Waals surface area contributed by atoms with Gasteiger partial charge in [0, 0.05) is 31.0 Å². The van der Waals surface area contributed by atoms with E-state index in [4.69, 9.17) is 9.99 Å². The van der Waals surface area contributed by atoms with E-state index >= 15 is 0 Å². The Hall–Kier alpha value is -2.90. The maximum absolute atomic E-state index is 13.0. The summed E-state index contributed by atoms with van der Waals surface area (Å²) < 4.78 is 5.44. The minimum absolute atomic E-state index is 0.00432. The largest absolute Gasteiger partial charge is 0.496 e. The van der Waals surface area contributed by atoms with Gasteiger partial charge in [-0.3, -0.25) is 14.8 Å². The minimum Gasteiger partial charge on any atom is -0.496 e. The van der Waals surface area contributed by atoms with Crippen molar-refractivity contribution in [2.75, 3.05) is 26.8 Å². The topological polar surface area (TPSA) is 88.1 Å². The Labute approximate surface area is 189 Å². The third-order valence-electron chi connectivity index (χ3n) is 6.33. The Morgan fingerprint density at radius 2 is 1.78 bits per heavy atom. The number of ether oxygens (including phenoxy) is 1. The number of rotatable bonds is 8. The van der Waals surface area contributed by atoms with Gasteiger partial charge in [-0.05, 0) is 36.5 Å². The van der Waals surface area contributed by atoms with E-state index in [2.05, 4.69) is 10.2 Å². The molecule has 1 aliphatic heterocycles. The number of nitrogens with zero attached hydrogens (tertiary/aromatic N) is 1. The Bertz CT molecular complexity index is 920. The molecule has 0 aliphatic carbocycles. The second-order valence-electron chi connectivity index (χ2n) is 8.63. The molecule has 0 radical (unpaired) electrons. The van der Waals surface area contributed by atoms with Crippen LogP contribution in [0.1, 0.15) is 32.3 Å². The molecular weight excluding hydrogens is 408 g/mol. The Kier molecular flexibility index (Phi) is 7.88. The molecule has 0 spiro atoms. The number of hydrogen-bond acceptors (Lipinski definition) is 5. The molecule has 0 unspecified atom stereocenters. The van der Waals surface area contributed by atoms with Gasteiger partial charge >= 0.3 is 0 Å². The lowest BCUT2D eigenvalue weighted by atomic mass is 9.79. The molecule has 32 heavy (non-hydrogen) atoms. The quantitative estimate of drug-likeness (QED) is 0.484. The summed E-state index contributed by atoms with van der Waals surface area (Å²) in [7, 11) is 1.65. The van der Waals surface area contributed by atoms with Gasteiger partial charge in [-0.2, -0.15) is 0 Å². The number of hydrogen-bond donors (Lipinski definition) is 2. The predicted molar refractivity (Wildman–Crippen MR) is 122 cm³/mol. The second-order valence-corrected chi connectivity index (χ2v) is 8.63. The molecule has 2 N–H and O–H groups in total. The van der Waals surface area contributed by atoms with Gasteiger partial charge in [0.15, 0.2) is 0 Å². The summed E-state index contributed by atoms with van der Waals surface area (Å²) in [5, 5.41) is 12.1. The Morgan fingerprint density at radius 1 is 1.12 bits per heavy atom. The van der Waals surface area contributed by atoms with Crippen LogP contribution in [0, 0.1) is 5.41 Å². The number of benzene rings is 2. The molecule has 172 valence electrons. The van der Waals surface area contributed by atoms with Gasteiger partial charge < -0.3 is 15.0 Å². The molecule has 7 heteroatoms. The third-order valence-corrected chi connectivity index (χ3v) is 6.33. The van der Waals surface area contributed by atoms with E-state index < -0.39 is 5.41 Å². The molecule has 1 atom stereocenters. The van der Waals surface area contributed by atoms with Crippen molar-refractivity contribution in [3.63, 3.8) is 0 Å². The molecule has 1 saturated heterocycles. The summed E-state index contributed by atoms with van der Waals surface area (Å²) in [5.41, 5.74) is 2.51. The average Bonchev–Trinajstić information content (AvgIpc) is 2.80. The van der Waals surface area contributed by atoms with Crippen LogP contribution in [-0.4, -0.2) is 54.8 Å². The van der Waals surface area contributed by atoms with Crippen LogP contribution < -0.4 is 10.1 Å². The lowest BCUT2D eigenvalue weighted by molar-refractivity contribution is -0.246. The summed E-state index contributed by atoms with van der Waals surface area (Å²) in [6, 6.07) is 15.5. The number of carbonyl (C=O) groups excluding carboxylic acids is 2. The van der Waals surface area contributed by atoms with Gasteiger partial charge in [0.2, 0.25) is 11.8 Å². The van der Waals surface area contributed by atoms with Crippen LogP contribution in [0.3, 0.4) is 0 Å². The zero-order chi connectivity index (χ0) is 23.1. The highest BCUT2D eigenvalue weighted by Gasteiger charge is 2.38. The van der Waals surface area contributed by atoms with Crippen molar-refractivity contribution in [2.45, 2.75) is 39.2 Å². The van der Waals surface area contributed by atoms with Gasteiger partial charge in [0.05, 0.1) is 13.2 Å². The number of likely N-dealkylation sites (tertiary alicyclic amines) is 1. The van der Waals surface area contributed by atoms with Crippen LogP contribution in [0.15, 0.2) is 48.5 Å². The first kappa shape index (κ1) is 23.8. The van der Waals surface area contributed by atoms with Crippen molar-refractivity contribution in [2.24, 2.45) is 5.41 Å². The average molecular weight is 441 g/mol. The summed E-state index contributed by atoms with van der Waals surface area (Å²) in [5.74, 6) is 0.770. The predicted octanol–water partition coefficient (Wildman–Crippen LogP) is 3.53. The van der Waals surface area contributed by atoms with Crippen LogP contribution in [0.2, 0.25) is 0 Å². The highest BCUT2D eigenvalue weighted by molar-refractivity contribution is 5.83. The van der Waals surface area contributed by atoms with Crippen molar-refractivity contribution < 1.29 is 24.5 Å². The summed E-state index contributed by atoms with van der Waals surface area (Å²) in [6.07, 6.45) is 1.74. The Balaban J connectivity index is 1.65. The van der Waals surface area contributed by atoms with E-state index in [1.54, 1.807) is 18.9 Å². The van der Waals surface area contributed by atoms with Gasteiger partial charge in [0.25, 0.3) is 0 Å². The number of carbonyl (C=O) groups is 2. The van der Waals surface area contributed by atoms with E-state index in [1.807, 2.05) is 55.5 Å². The fourth-order valence-corrected chi connectivity index (χ4v) is 4.13. The number of amides is 2. The number of para-hydroxylation sites is 1. The zero-order valence-electron chi connectivity index (χ0n) is 19.0. The van der Waals surface area contributed by atoms with Crippen molar-refractivity contribution in [1.82, 2.24) is 10.2 Å². The molecule has 3 rings (SSSR count). The lowest BCUT2D eigenvalue weighted by Crippen LogP contribution is -2.51. The van der Waals surface area contributed by atoms with Crippen LogP contribution in [0.4, 0.5) is 0 Å². The van der Waals surface area contributed by atoms with Gasteiger partial charge in [-0.1, -0.05) is 49.4 Å². The molecular formula is C25H32N2O5. The van der Waals surface area contributed by atoms with Crippen molar-refractivity contribution >= 4 is 11.8 Å². The standard InChI is InChI=1S/C25H32N2O5/c1-18(28)27-14-12-25(2,13-15-27)24(29)26-21(17-32-30)16-19-8-10-20(11-9-19)22-6-4-5-7-23(22)31-3/h4-11,21,30H,12-17H2,1-3H3,(H,26,29)/t21-/m0/s1. The second kappa shape index (κ2) is 10.6. The van der Waals surface area contributed by atoms with E-state index in [-0.39, 0.29) is 24.5 Å². The van der Waals surface area contributed by atoms with Gasteiger partial charge in [0.1, 0.15) is 12.4 Å². The first-order valence-corrected chi connectivity index (χ1v) is 10.9. The summed E-state index contributed by atoms with van der Waals surface area (Å²) in [4.78, 5) is 30.7. The maximum Gasteiger partial charge on any atom is 0.226 e. The maximum atomic E-state index is 13.0. The highest BCUT2D eigenvalue weighted by atomic mass is 17.1. The molecule has 2 aromatic carbocycles. The molecule has 2 aromatic rings. The van der Waals surface area contributed by atoms with Crippen molar-refractivity contribution in [3.05, 3.63) is 54.1 Å². The van der Waals surface area contributed by atoms with Gasteiger partial charge in [-0.25, -0.2) is 4.89 Å². The van der Waals surface area contributed by atoms with Crippen LogP contribution in [0.25, 0.3) is 11.1 Å². The van der Waals surface area contributed by atoms with Crippen LogP contribution in [-0.2, 0) is 20.9 Å². The van der Waals surface area contributed by atoms with Crippen LogP contribution >= 0.6 is 0 Å². The smallest absolute Gasteiger partial charge is 0.226 e. The molecule has 0 bridgehead atoms. The molecule has 7 nitrogen and oxygen atoms in total. The zero-order valence-corrected chi connectivity index (χ0v) is 19.0. The molecule has 1 heterocycles. The van der Waals surface area contributed by atoms with Crippen molar-refractivity contribution in [3.8, 4) is 16.9 Å². The lowest BCUT2D eigenvalue weighted by Gasteiger charge is -2.38. The monoisotopic (exact) mass is 440 g/mol. The fraction of sp³-hybridized carbons (Fsp3) is 0.440. The minimum atomic E-state index is -0.548. The highest BCUT2D eigenvalue weighted by Crippen LogP contribution is 2.32. The number of piperidine rings is 1. The SMILES string of the molecule is COc1ccccc1-c1ccc(C[C@@H](COO)NC(=O)C2(C)CCN(C(C)=O)CC2)cc1. The van der Waals surface area contributed by atoms with E-state index in [0.29, 0.717) is 32.4 Å². The number of nitrogens with one attached hydrogen (secondary N) is 1. The molecule has 1 fully saturated rings. The van der Waals surface area contributed by atoms with E-state index in [0.717, 1.165) is 22.4 Å². The van der Waals surface area contributed by atoms with Gasteiger partial charge in [-0.15, -0.1) is 0 Å². The van der Waals surface area contributed by atoms with E-state index in [9.17, 15) is 9.59 Å². The fourth-order valence-electron chi connectivity index (χ4n) is 4.13. The molecule has 2 amide bonds. The third kappa shape index (κ3) is 5.66. The summed E-state index contributed by atoms with van der Waals surface area (Å²) in [6.45, 7) is 4.63. The van der Waals surface area contributed by atoms with Crippen LogP contribution in [0.5, 0.6) is 5.75 Å². The summed E-state index contributed by atoms with van der Waals surface area (Å²) >= 11 is 0. The molecule has 0 aromatic heterocycles.